The molecule has 0 fully saturated rings. The van der Waals surface area contributed by atoms with Gasteiger partial charge in [-0.1, -0.05) is 13.8 Å². The molecule has 28 heavy (non-hydrogen) atoms. The van der Waals surface area contributed by atoms with E-state index in [0.29, 0.717) is 24.4 Å². The molecule has 0 bridgehead atoms. The second-order valence-corrected chi connectivity index (χ2v) is 7.28. The van der Waals surface area contributed by atoms with Crippen molar-refractivity contribution in [1.29, 1.82) is 0 Å². The van der Waals surface area contributed by atoms with Crippen LogP contribution in [0.2, 0.25) is 0 Å². The van der Waals surface area contributed by atoms with Gasteiger partial charge in [-0.2, -0.15) is 0 Å². The van der Waals surface area contributed by atoms with Gasteiger partial charge in [-0.3, -0.25) is 9.59 Å². The predicted octanol–water partition coefficient (Wildman–Crippen LogP) is 2.67. The average molecular weight is 390 g/mol. The van der Waals surface area contributed by atoms with Gasteiger partial charge in [-0.25, -0.2) is 13.8 Å². The molecule has 150 valence electrons. The minimum atomic E-state index is -0.962. The summed E-state index contributed by atoms with van der Waals surface area (Å²) in [7, 11) is 1.52. The molecule has 0 radical (unpaired) electrons. The summed E-state index contributed by atoms with van der Waals surface area (Å²) in [5.41, 5.74) is 1.39. The van der Waals surface area contributed by atoms with Gasteiger partial charge in [0.2, 0.25) is 5.91 Å². The minimum absolute atomic E-state index is 0.104. The fourth-order valence-corrected chi connectivity index (χ4v) is 3.48. The van der Waals surface area contributed by atoms with Gasteiger partial charge >= 0.3 is 0 Å². The Bertz CT molecular complexity index is 908. The second-order valence-electron chi connectivity index (χ2n) is 7.28. The van der Waals surface area contributed by atoms with Crippen molar-refractivity contribution in [1.82, 2.24) is 20.2 Å². The Morgan fingerprint density at radius 3 is 2.57 bits per heavy atom. The normalized spacial score (nSPS) is 14.5. The van der Waals surface area contributed by atoms with Crippen molar-refractivity contribution in [2.24, 2.45) is 5.92 Å². The number of imidazole rings is 1. The first-order valence-electron chi connectivity index (χ1n) is 9.40. The van der Waals surface area contributed by atoms with Crippen LogP contribution in [0.4, 0.5) is 8.78 Å². The second kappa shape index (κ2) is 8.08. The summed E-state index contributed by atoms with van der Waals surface area (Å²) in [4.78, 5) is 29.5. The lowest BCUT2D eigenvalue weighted by atomic mass is 10.0. The van der Waals surface area contributed by atoms with Crippen LogP contribution in [-0.4, -0.2) is 34.5 Å². The van der Waals surface area contributed by atoms with Crippen LogP contribution in [0.1, 0.15) is 42.9 Å². The van der Waals surface area contributed by atoms with E-state index < -0.39 is 23.6 Å². The highest BCUT2D eigenvalue weighted by molar-refractivity contribution is 5.97. The quantitative estimate of drug-likeness (QED) is 0.824. The van der Waals surface area contributed by atoms with E-state index in [2.05, 4.69) is 15.6 Å². The Morgan fingerprint density at radius 2 is 1.93 bits per heavy atom. The Morgan fingerprint density at radius 1 is 1.18 bits per heavy atom. The summed E-state index contributed by atoms with van der Waals surface area (Å²) in [5.74, 6) is -2.29. The Labute approximate surface area is 162 Å². The van der Waals surface area contributed by atoms with Crippen LogP contribution in [0, 0.1) is 17.6 Å². The molecular formula is C20H24F2N4O2. The number of fused-ring (bicyclic) bond motifs is 1. The number of hydrogen-bond acceptors (Lipinski definition) is 3. The number of nitrogens with zero attached hydrogens (tertiary/aromatic N) is 2. The summed E-state index contributed by atoms with van der Waals surface area (Å²) in [6.45, 7) is 4.33. The molecule has 3 rings (SSSR count). The Balaban J connectivity index is 1.99. The van der Waals surface area contributed by atoms with E-state index in [9.17, 15) is 18.4 Å². The zero-order chi connectivity index (χ0) is 20.4. The molecule has 1 aromatic carbocycles. The summed E-state index contributed by atoms with van der Waals surface area (Å²) in [5, 5.41) is 5.31. The number of halogens is 2. The van der Waals surface area contributed by atoms with Crippen LogP contribution in [0.25, 0.3) is 11.4 Å². The molecule has 2 amide bonds. The van der Waals surface area contributed by atoms with Gasteiger partial charge < -0.3 is 15.2 Å². The average Bonchev–Trinajstić information content (AvgIpc) is 3.07. The third kappa shape index (κ3) is 3.76. The molecule has 1 unspecified atom stereocenters. The maximum absolute atomic E-state index is 13.7. The predicted molar refractivity (Wildman–Crippen MR) is 101 cm³/mol. The van der Waals surface area contributed by atoms with Crippen LogP contribution >= 0.6 is 0 Å². The first kappa shape index (κ1) is 20.0. The molecule has 0 saturated heterocycles. The summed E-state index contributed by atoms with van der Waals surface area (Å²) in [6, 6.07) is 2.90. The van der Waals surface area contributed by atoms with Crippen LogP contribution < -0.4 is 10.6 Å². The molecule has 1 aliphatic rings. The molecule has 0 saturated carbocycles. The largest absolute Gasteiger partial charge is 0.357 e. The van der Waals surface area contributed by atoms with E-state index in [4.69, 9.17) is 0 Å². The molecule has 2 heterocycles. The smallest absolute Gasteiger partial charge is 0.272 e. The molecule has 2 N–H and O–H groups in total. The van der Waals surface area contributed by atoms with Crippen molar-refractivity contribution < 1.29 is 18.4 Å². The number of carbonyl (C=O) groups excluding carboxylic acids is 2. The first-order valence-corrected chi connectivity index (χ1v) is 9.40. The van der Waals surface area contributed by atoms with Crippen molar-refractivity contribution in [2.45, 2.75) is 45.7 Å². The van der Waals surface area contributed by atoms with Crippen LogP contribution in [0.3, 0.4) is 0 Å². The van der Waals surface area contributed by atoms with Gasteiger partial charge in [-0.15, -0.1) is 0 Å². The topological polar surface area (TPSA) is 76.0 Å². The highest BCUT2D eigenvalue weighted by Crippen LogP contribution is 2.28. The van der Waals surface area contributed by atoms with Gasteiger partial charge in [0.1, 0.15) is 17.6 Å². The Hall–Kier alpha value is -2.77. The van der Waals surface area contributed by atoms with Crippen molar-refractivity contribution in [2.75, 3.05) is 7.05 Å². The van der Waals surface area contributed by atoms with Crippen LogP contribution in [0.5, 0.6) is 0 Å². The van der Waals surface area contributed by atoms with E-state index in [-0.39, 0.29) is 17.5 Å². The molecule has 1 aliphatic heterocycles. The molecule has 1 aromatic heterocycles. The fourth-order valence-electron chi connectivity index (χ4n) is 3.48. The number of benzene rings is 1. The fraction of sp³-hybridized carbons (Fsp3) is 0.450. The first-order chi connectivity index (χ1) is 13.3. The molecule has 8 heteroatoms. The van der Waals surface area contributed by atoms with E-state index in [1.54, 1.807) is 0 Å². The molecule has 0 aliphatic carbocycles. The lowest BCUT2D eigenvalue weighted by Crippen LogP contribution is -2.49. The van der Waals surface area contributed by atoms with Crippen LogP contribution in [-0.2, 0) is 17.8 Å². The minimum Gasteiger partial charge on any atom is -0.357 e. The number of nitrogens with one attached hydrogen (secondary N) is 2. The molecule has 2 aromatic rings. The van der Waals surface area contributed by atoms with E-state index in [0.717, 1.165) is 30.7 Å². The number of rotatable bonds is 5. The maximum atomic E-state index is 13.7. The summed E-state index contributed by atoms with van der Waals surface area (Å²) >= 11 is 0. The number of amides is 2. The zero-order valence-corrected chi connectivity index (χ0v) is 16.2. The van der Waals surface area contributed by atoms with Crippen LogP contribution in [0.15, 0.2) is 18.2 Å². The summed E-state index contributed by atoms with van der Waals surface area (Å²) < 4.78 is 28.9. The van der Waals surface area contributed by atoms with Crippen molar-refractivity contribution in [3.05, 3.63) is 41.2 Å². The lowest BCUT2D eigenvalue weighted by molar-refractivity contribution is -0.123. The van der Waals surface area contributed by atoms with Gasteiger partial charge in [0.15, 0.2) is 11.6 Å². The number of likely N-dealkylation sites (N-methyl/N-ethyl adjacent to an activating group) is 1. The lowest BCUT2D eigenvalue weighted by Gasteiger charge is -2.21. The number of hydrogen-bond donors (Lipinski definition) is 2. The van der Waals surface area contributed by atoms with Crippen molar-refractivity contribution in [3.8, 4) is 11.4 Å². The monoisotopic (exact) mass is 390 g/mol. The van der Waals surface area contributed by atoms with E-state index in [1.165, 1.54) is 13.1 Å². The van der Waals surface area contributed by atoms with Gasteiger partial charge in [-0.05, 0) is 43.4 Å². The van der Waals surface area contributed by atoms with E-state index >= 15 is 0 Å². The highest BCUT2D eigenvalue weighted by Gasteiger charge is 2.29. The molecule has 6 nitrogen and oxygen atoms in total. The summed E-state index contributed by atoms with van der Waals surface area (Å²) in [6.07, 6.45) is 2.48. The van der Waals surface area contributed by atoms with E-state index in [1.807, 2.05) is 18.4 Å². The van der Waals surface area contributed by atoms with Crippen molar-refractivity contribution >= 4 is 11.8 Å². The van der Waals surface area contributed by atoms with Gasteiger partial charge in [0, 0.05) is 19.2 Å². The standard InChI is InChI=1S/C20H24F2N4O2/c1-11(2)16(19(27)23-3)25-20(28)17-15-6-4-5-9-26(15)18(24-17)12-7-8-13(21)14(22)10-12/h7-8,10-11,16H,4-6,9H2,1-3H3,(H,23,27)(H,25,28). The Kier molecular flexibility index (Phi) is 5.76. The highest BCUT2D eigenvalue weighted by atomic mass is 19.2. The maximum Gasteiger partial charge on any atom is 0.272 e. The number of carbonyl (C=O) groups is 2. The van der Waals surface area contributed by atoms with Gasteiger partial charge in [0.25, 0.3) is 5.91 Å². The molecule has 1 atom stereocenters. The zero-order valence-electron chi connectivity index (χ0n) is 16.2. The van der Waals surface area contributed by atoms with Crippen molar-refractivity contribution in [3.63, 3.8) is 0 Å². The number of aromatic nitrogens is 2. The third-order valence-corrected chi connectivity index (χ3v) is 4.99. The van der Waals surface area contributed by atoms with Gasteiger partial charge in [0.05, 0.1) is 5.69 Å². The third-order valence-electron chi connectivity index (χ3n) is 4.99. The molecule has 0 spiro atoms. The molecular weight excluding hydrogens is 366 g/mol. The SMILES string of the molecule is CNC(=O)C(NC(=O)c1nc(-c2ccc(F)c(F)c2)n2c1CCCC2)C(C)C.